The predicted molar refractivity (Wildman–Crippen MR) is 108 cm³/mol. The third-order valence-corrected chi connectivity index (χ3v) is 5.46. The molecule has 3 aromatic rings. The van der Waals surface area contributed by atoms with Crippen molar-refractivity contribution in [2.24, 2.45) is 0 Å². The second kappa shape index (κ2) is 7.78. The first-order chi connectivity index (χ1) is 13.6. The summed E-state index contributed by atoms with van der Waals surface area (Å²) in [5.41, 5.74) is 2.09. The number of amides is 1. The van der Waals surface area contributed by atoms with Crippen molar-refractivity contribution in [3.63, 3.8) is 0 Å². The molecule has 0 N–H and O–H groups in total. The first-order valence-electron chi connectivity index (χ1n) is 8.73. The third kappa shape index (κ3) is 3.87. The van der Waals surface area contributed by atoms with Crippen LogP contribution in [0.2, 0.25) is 0 Å². The average Bonchev–Trinajstić information content (AvgIpc) is 3.36. The predicted octanol–water partition coefficient (Wildman–Crippen LogP) is 5.41. The summed E-state index contributed by atoms with van der Waals surface area (Å²) in [7, 11) is 0. The highest BCUT2D eigenvalue weighted by molar-refractivity contribution is 7.16. The van der Waals surface area contributed by atoms with Crippen LogP contribution >= 0.6 is 11.3 Å². The van der Waals surface area contributed by atoms with E-state index in [0.717, 1.165) is 15.3 Å². The summed E-state index contributed by atoms with van der Waals surface area (Å²) < 4.78 is 18.0. The maximum absolute atomic E-state index is 13.1. The van der Waals surface area contributed by atoms with Crippen molar-refractivity contribution in [3.05, 3.63) is 83.0 Å². The van der Waals surface area contributed by atoms with Gasteiger partial charge in [-0.05, 0) is 54.1 Å². The van der Waals surface area contributed by atoms with Crippen LogP contribution in [0.4, 0.5) is 14.9 Å². The molecule has 0 aliphatic carbocycles. The Balaban J connectivity index is 1.49. The van der Waals surface area contributed by atoms with Gasteiger partial charge in [-0.3, -0.25) is 9.69 Å². The number of ether oxygens (including phenoxy) is 1. The molecule has 140 valence electrons. The van der Waals surface area contributed by atoms with Crippen LogP contribution < -0.4 is 4.90 Å². The fourth-order valence-corrected chi connectivity index (χ4v) is 3.84. The van der Waals surface area contributed by atoms with E-state index in [4.69, 9.17) is 4.74 Å². The molecule has 2 heterocycles. The van der Waals surface area contributed by atoms with E-state index < -0.39 is 6.09 Å². The lowest BCUT2D eigenvalue weighted by molar-refractivity contribution is 0.104. The van der Waals surface area contributed by atoms with Gasteiger partial charge < -0.3 is 4.74 Å². The van der Waals surface area contributed by atoms with Crippen LogP contribution in [-0.2, 0) is 4.74 Å². The normalized spacial score (nSPS) is 13.9. The zero-order valence-corrected chi connectivity index (χ0v) is 15.6. The number of nitrogens with zero attached hydrogens (tertiary/aromatic N) is 1. The van der Waals surface area contributed by atoms with Gasteiger partial charge in [-0.25, -0.2) is 9.18 Å². The lowest BCUT2D eigenvalue weighted by Crippen LogP contribution is -2.23. The molecule has 0 radical (unpaired) electrons. The molecule has 0 saturated carbocycles. The molecule has 1 aromatic heterocycles. The maximum Gasteiger partial charge on any atom is 0.414 e. The number of halogens is 1. The van der Waals surface area contributed by atoms with Crippen LogP contribution in [0.3, 0.4) is 0 Å². The number of anilines is 1. The van der Waals surface area contributed by atoms with Crippen molar-refractivity contribution in [1.29, 1.82) is 0 Å². The minimum Gasteiger partial charge on any atom is -0.447 e. The standard InChI is InChI=1S/C22H16FNO3S/c23-17-6-4-15(5-7-17)21-11-9-19(28-21)8-10-20(25)16-2-1-3-18(14-16)24-12-13-27-22(24)26/h1-11,14H,12-13H2/b10-8+. The summed E-state index contributed by atoms with van der Waals surface area (Å²) in [5, 5.41) is 0. The summed E-state index contributed by atoms with van der Waals surface area (Å²) in [6.45, 7) is 0.833. The number of carbonyl (C=O) groups is 2. The van der Waals surface area contributed by atoms with Crippen molar-refractivity contribution < 1.29 is 18.7 Å². The van der Waals surface area contributed by atoms with Gasteiger partial charge in [0.25, 0.3) is 0 Å². The number of hydrogen-bond donors (Lipinski definition) is 0. The van der Waals surface area contributed by atoms with E-state index in [1.807, 2.05) is 12.1 Å². The highest BCUT2D eigenvalue weighted by Gasteiger charge is 2.23. The van der Waals surface area contributed by atoms with Gasteiger partial charge in [0, 0.05) is 21.0 Å². The minimum atomic E-state index is -0.396. The summed E-state index contributed by atoms with van der Waals surface area (Å²) in [4.78, 5) is 27.6. The molecule has 4 nitrogen and oxygen atoms in total. The molecule has 1 saturated heterocycles. The zero-order chi connectivity index (χ0) is 19.5. The summed E-state index contributed by atoms with van der Waals surface area (Å²) in [5.74, 6) is -0.415. The van der Waals surface area contributed by atoms with Gasteiger partial charge in [-0.2, -0.15) is 0 Å². The summed E-state index contributed by atoms with van der Waals surface area (Å²) >= 11 is 1.52. The van der Waals surface area contributed by atoms with Gasteiger partial charge in [-0.1, -0.05) is 24.3 Å². The number of carbonyl (C=O) groups excluding carboxylic acids is 2. The number of benzene rings is 2. The Labute approximate surface area is 165 Å². The Morgan fingerprint density at radius 2 is 1.93 bits per heavy atom. The molecule has 28 heavy (non-hydrogen) atoms. The number of allylic oxidation sites excluding steroid dienone is 1. The van der Waals surface area contributed by atoms with Crippen molar-refractivity contribution in [2.75, 3.05) is 18.1 Å². The number of cyclic esters (lactones) is 1. The molecule has 6 heteroatoms. The van der Waals surface area contributed by atoms with Crippen LogP contribution in [-0.4, -0.2) is 25.0 Å². The molecule has 0 atom stereocenters. The molecular weight excluding hydrogens is 377 g/mol. The second-order valence-corrected chi connectivity index (χ2v) is 7.34. The first kappa shape index (κ1) is 18.1. The molecule has 2 aromatic carbocycles. The molecular formula is C22H16FNO3S. The fourth-order valence-electron chi connectivity index (χ4n) is 2.92. The van der Waals surface area contributed by atoms with E-state index in [9.17, 15) is 14.0 Å². The lowest BCUT2D eigenvalue weighted by atomic mass is 10.1. The topological polar surface area (TPSA) is 46.6 Å². The zero-order valence-electron chi connectivity index (χ0n) is 14.8. The highest BCUT2D eigenvalue weighted by Crippen LogP contribution is 2.29. The molecule has 0 spiro atoms. The number of hydrogen-bond acceptors (Lipinski definition) is 4. The monoisotopic (exact) mass is 393 g/mol. The minimum absolute atomic E-state index is 0.147. The van der Waals surface area contributed by atoms with E-state index >= 15 is 0 Å². The second-order valence-electron chi connectivity index (χ2n) is 6.22. The van der Waals surface area contributed by atoms with Crippen molar-refractivity contribution in [2.45, 2.75) is 0 Å². The van der Waals surface area contributed by atoms with Gasteiger partial charge in [0.2, 0.25) is 0 Å². The Hall–Kier alpha value is -3.25. The molecule has 1 amide bonds. The SMILES string of the molecule is O=C(/C=C/c1ccc(-c2ccc(F)cc2)s1)c1cccc(N2CCOC2=O)c1. The van der Waals surface area contributed by atoms with Crippen LogP contribution in [0, 0.1) is 5.82 Å². The van der Waals surface area contributed by atoms with Gasteiger partial charge in [-0.15, -0.1) is 11.3 Å². The largest absolute Gasteiger partial charge is 0.447 e. The Kier molecular flexibility index (Phi) is 5.04. The molecule has 1 aliphatic heterocycles. The van der Waals surface area contributed by atoms with Crippen molar-refractivity contribution >= 4 is 35.0 Å². The van der Waals surface area contributed by atoms with E-state index in [2.05, 4.69) is 0 Å². The molecule has 1 fully saturated rings. The number of thiophene rings is 1. The van der Waals surface area contributed by atoms with Crippen LogP contribution in [0.25, 0.3) is 16.5 Å². The van der Waals surface area contributed by atoms with E-state index in [1.165, 1.54) is 34.4 Å². The van der Waals surface area contributed by atoms with E-state index in [-0.39, 0.29) is 11.6 Å². The number of ketones is 1. The number of rotatable bonds is 5. The van der Waals surface area contributed by atoms with Gasteiger partial charge in [0.05, 0.1) is 6.54 Å². The quantitative estimate of drug-likeness (QED) is 0.430. The lowest BCUT2D eigenvalue weighted by Gasteiger charge is -2.13. The van der Waals surface area contributed by atoms with Gasteiger partial charge >= 0.3 is 6.09 Å². The van der Waals surface area contributed by atoms with Crippen LogP contribution in [0.15, 0.2) is 66.7 Å². The average molecular weight is 393 g/mol. The van der Waals surface area contributed by atoms with Gasteiger partial charge in [0.15, 0.2) is 5.78 Å². The van der Waals surface area contributed by atoms with Crippen molar-refractivity contribution in [1.82, 2.24) is 0 Å². The third-order valence-electron chi connectivity index (χ3n) is 4.36. The maximum atomic E-state index is 13.1. The smallest absolute Gasteiger partial charge is 0.414 e. The first-order valence-corrected chi connectivity index (χ1v) is 9.54. The fraction of sp³-hybridized carbons (Fsp3) is 0.0909. The van der Waals surface area contributed by atoms with Crippen LogP contribution in [0.5, 0.6) is 0 Å². The molecule has 4 rings (SSSR count). The van der Waals surface area contributed by atoms with E-state index in [0.29, 0.717) is 24.4 Å². The molecule has 0 bridgehead atoms. The Morgan fingerprint density at radius 3 is 2.68 bits per heavy atom. The summed E-state index contributed by atoms with van der Waals surface area (Å²) in [6, 6.07) is 17.1. The molecule has 1 aliphatic rings. The summed E-state index contributed by atoms with van der Waals surface area (Å²) in [6.07, 6.45) is 2.88. The highest BCUT2D eigenvalue weighted by atomic mass is 32.1. The Morgan fingerprint density at radius 1 is 1.11 bits per heavy atom. The van der Waals surface area contributed by atoms with E-state index in [1.54, 1.807) is 42.5 Å². The van der Waals surface area contributed by atoms with Crippen molar-refractivity contribution in [3.8, 4) is 10.4 Å². The molecule has 0 unspecified atom stereocenters. The Bertz CT molecular complexity index is 1060. The van der Waals surface area contributed by atoms with Gasteiger partial charge in [0.1, 0.15) is 12.4 Å². The van der Waals surface area contributed by atoms with Crippen LogP contribution in [0.1, 0.15) is 15.2 Å².